The van der Waals surface area contributed by atoms with Gasteiger partial charge in [-0.25, -0.2) is 0 Å². The number of carboxylic acids is 3. The van der Waals surface area contributed by atoms with Crippen LogP contribution in [0.1, 0.15) is 296 Å². The molecule has 56 heavy (non-hydrogen) atoms. The van der Waals surface area contributed by atoms with E-state index in [4.69, 9.17) is 20.4 Å². The van der Waals surface area contributed by atoms with Crippen molar-refractivity contribution in [2.75, 3.05) is 7.11 Å². The van der Waals surface area contributed by atoms with Crippen LogP contribution in [0.4, 0.5) is 0 Å². The number of hydrogen-bond donors (Lipinski definition) is 4. The predicted molar refractivity (Wildman–Crippen MR) is 255 cm³/mol. The molecule has 0 aromatic rings. The van der Waals surface area contributed by atoms with E-state index in [9.17, 15) is 14.4 Å². The van der Waals surface area contributed by atoms with Crippen molar-refractivity contribution in [3.05, 3.63) is 0 Å². The average Bonchev–Trinajstić information content (AvgIpc) is 3.18. The van der Waals surface area contributed by atoms with E-state index in [2.05, 4.69) is 83.1 Å². The largest absolute Gasteiger partial charge is 0.481 e. The second-order valence-corrected chi connectivity index (χ2v) is 13.7. The standard InChI is InChI=1S/6C6H14.3C4H8O2.CH4O/c6*1-3-5-6-4-2;3*1-2-3-4(5)6;1-2/h6*3-6H2,1-2H3;3*2-3H2,1H3,(H,5,6);2H,1H3. The fraction of sp³-hybridized carbons (Fsp3) is 0.939. The normalized spacial score (nSPS) is 8.52. The molecular formula is C49H112O7. The molecule has 7 nitrogen and oxygen atoms in total. The molecule has 350 valence electrons. The van der Waals surface area contributed by atoms with Gasteiger partial charge in [0.05, 0.1) is 0 Å². The van der Waals surface area contributed by atoms with Crippen LogP contribution in [-0.2, 0) is 14.4 Å². The topological polar surface area (TPSA) is 132 Å². The van der Waals surface area contributed by atoms with Gasteiger partial charge in [0.15, 0.2) is 0 Å². The van der Waals surface area contributed by atoms with Crippen molar-refractivity contribution in [3.63, 3.8) is 0 Å². The number of aliphatic carboxylic acids is 3. The Labute approximate surface area is 355 Å². The molecule has 0 aromatic carbocycles. The summed E-state index contributed by atoms with van der Waals surface area (Å²) in [7, 11) is 1.00. The van der Waals surface area contributed by atoms with Gasteiger partial charge in [-0.2, -0.15) is 0 Å². The Hall–Kier alpha value is -1.63. The maximum Gasteiger partial charge on any atom is 0.303 e. The van der Waals surface area contributed by atoms with E-state index in [1.165, 1.54) is 154 Å². The summed E-state index contributed by atoms with van der Waals surface area (Å²) >= 11 is 0. The lowest BCUT2D eigenvalue weighted by molar-refractivity contribution is -0.138. The van der Waals surface area contributed by atoms with Crippen molar-refractivity contribution in [3.8, 4) is 0 Å². The van der Waals surface area contributed by atoms with Crippen LogP contribution in [-0.4, -0.2) is 45.4 Å². The highest BCUT2D eigenvalue weighted by molar-refractivity contribution is 5.67. The Bertz CT molecular complexity index is 431. The maximum absolute atomic E-state index is 9.60. The van der Waals surface area contributed by atoms with Gasteiger partial charge in [-0.05, 0) is 19.3 Å². The van der Waals surface area contributed by atoms with E-state index >= 15 is 0 Å². The zero-order valence-corrected chi connectivity index (χ0v) is 41.7. The molecule has 7 heteroatoms. The van der Waals surface area contributed by atoms with Gasteiger partial charge >= 0.3 is 17.9 Å². The number of carbonyl (C=O) groups is 3. The summed E-state index contributed by atoms with van der Waals surface area (Å²) in [6.07, 6.45) is 36.3. The lowest BCUT2D eigenvalue weighted by Crippen LogP contribution is -1.90. The van der Waals surface area contributed by atoms with Crippen LogP contribution in [0.15, 0.2) is 0 Å². The zero-order chi connectivity index (χ0) is 45.9. The number of aliphatic hydroxyl groups is 1. The molecule has 0 bridgehead atoms. The molecule has 0 aliphatic rings. The predicted octanol–water partition coefficient (Wildman–Crippen LogP) is 17.7. The van der Waals surface area contributed by atoms with Crippen LogP contribution in [0, 0.1) is 0 Å². The second kappa shape index (κ2) is 105. The monoisotopic (exact) mass is 813 g/mol. The highest BCUT2D eigenvalue weighted by Gasteiger charge is 1.88. The first-order valence-electron chi connectivity index (χ1n) is 23.9. The molecule has 0 amide bonds. The molecule has 0 fully saturated rings. The number of unbranched alkanes of at least 4 members (excludes halogenated alkanes) is 18. The van der Waals surface area contributed by atoms with Crippen LogP contribution in [0.2, 0.25) is 0 Å². The molecule has 0 atom stereocenters. The van der Waals surface area contributed by atoms with Crippen LogP contribution in [0.3, 0.4) is 0 Å². The van der Waals surface area contributed by atoms with Crippen molar-refractivity contribution in [1.82, 2.24) is 0 Å². The van der Waals surface area contributed by atoms with E-state index < -0.39 is 17.9 Å². The Kier molecular flexibility index (Phi) is 147. The third-order valence-corrected chi connectivity index (χ3v) is 7.13. The maximum atomic E-state index is 9.60. The van der Waals surface area contributed by atoms with Crippen molar-refractivity contribution >= 4 is 17.9 Å². The zero-order valence-electron chi connectivity index (χ0n) is 41.7. The van der Waals surface area contributed by atoms with Gasteiger partial charge < -0.3 is 20.4 Å². The summed E-state index contributed by atoms with van der Waals surface area (Å²) in [6.45, 7) is 32.3. The Balaban J connectivity index is -0.0000000528. The van der Waals surface area contributed by atoms with Crippen molar-refractivity contribution < 1.29 is 34.8 Å². The van der Waals surface area contributed by atoms with Gasteiger partial charge in [0.1, 0.15) is 0 Å². The second-order valence-electron chi connectivity index (χ2n) is 13.7. The number of carboxylic acid groups (broad SMARTS) is 3. The van der Waals surface area contributed by atoms with E-state index in [-0.39, 0.29) is 0 Å². The molecular weight excluding hydrogens is 701 g/mol. The molecule has 0 spiro atoms. The summed E-state index contributed by atoms with van der Waals surface area (Å²) in [6, 6.07) is 0. The molecule has 0 saturated carbocycles. The fourth-order valence-electron chi connectivity index (χ4n) is 3.64. The lowest BCUT2D eigenvalue weighted by atomic mass is 10.2. The van der Waals surface area contributed by atoms with Crippen molar-refractivity contribution in [2.24, 2.45) is 0 Å². The van der Waals surface area contributed by atoms with Crippen molar-refractivity contribution in [1.29, 1.82) is 0 Å². The quantitative estimate of drug-likeness (QED) is 0.0713. The Morgan fingerprint density at radius 1 is 0.232 bits per heavy atom. The van der Waals surface area contributed by atoms with Gasteiger partial charge in [-0.15, -0.1) is 0 Å². The highest BCUT2D eigenvalue weighted by atomic mass is 16.4. The molecule has 0 saturated heterocycles. The minimum Gasteiger partial charge on any atom is -0.481 e. The number of hydrogen-bond acceptors (Lipinski definition) is 4. The fourth-order valence-corrected chi connectivity index (χ4v) is 3.64. The Morgan fingerprint density at radius 2 is 0.321 bits per heavy atom. The summed E-state index contributed by atoms with van der Waals surface area (Å²) in [4.78, 5) is 28.8. The molecule has 0 rings (SSSR count). The van der Waals surface area contributed by atoms with Crippen molar-refractivity contribution in [2.45, 2.75) is 296 Å². The molecule has 0 radical (unpaired) electrons. The number of rotatable bonds is 24. The van der Waals surface area contributed by atoms with Crippen LogP contribution in [0.25, 0.3) is 0 Å². The summed E-state index contributed by atoms with van der Waals surface area (Å²) in [5, 5.41) is 30.7. The van der Waals surface area contributed by atoms with Gasteiger partial charge in [0, 0.05) is 26.4 Å². The SMILES string of the molecule is CCCC(=O)O.CCCC(=O)O.CCCC(=O)O.CCCCCC.CCCCCC.CCCCCC.CCCCCC.CCCCCC.CCCCCC.CO. The molecule has 0 heterocycles. The summed E-state index contributed by atoms with van der Waals surface area (Å²) < 4.78 is 0. The van der Waals surface area contributed by atoms with Gasteiger partial charge in [0.25, 0.3) is 0 Å². The van der Waals surface area contributed by atoms with Crippen LogP contribution >= 0.6 is 0 Å². The first-order valence-corrected chi connectivity index (χ1v) is 23.9. The molecule has 0 unspecified atom stereocenters. The number of aliphatic hydroxyl groups excluding tert-OH is 1. The van der Waals surface area contributed by atoms with Gasteiger partial charge in [-0.3, -0.25) is 14.4 Å². The Morgan fingerprint density at radius 3 is 0.339 bits per heavy atom. The minimum atomic E-state index is -0.711. The van der Waals surface area contributed by atoms with E-state index in [0.717, 1.165) is 26.4 Å². The third-order valence-electron chi connectivity index (χ3n) is 7.13. The van der Waals surface area contributed by atoms with E-state index in [1.54, 1.807) is 0 Å². The third kappa shape index (κ3) is 215. The van der Waals surface area contributed by atoms with Gasteiger partial charge in [-0.1, -0.05) is 258 Å². The lowest BCUT2D eigenvalue weighted by Gasteiger charge is -1.86. The summed E-state index contributed by atoms with van der Waals surface area (Å²) in [5.41, 5.74) is 0. The molecule has 0 aliphatic heterocycles. The first kappa shape index (κ1) is 78.7. The van der Waals surface area contributed by atoms with Gasteiger partial charge in [0.2, 0.25) is 0 Å². The van der Waals surface area contributed by atoms with Crippen LogP contribution < -0.4 is 0 Å². The van der Waals surface area contributed by atoms with E-state index in [0.29, 0.717) is 19.3 Å². The highest BCUT2D eigenvalue weighted by Crippen LogP contribution is 1.98. The smallest absolute Gasteiger partial charge is 0.303 e. The average molecular weight is 813 g/mol. The first-order chi connectivity index (χ1) is 26.8. The summed E-state index contributed by atoms with van der Waals surface area (Å²) in [5.74, 6) is -2.13. The van der Waals surface area contributed by atoms with E-state index in [1.807, 2.05) is 20.8 Å². The van der Waals surface area contributed by atoms with Crippen LogP contribution in [0.5, 0.6) is 0 Å². The minimum absolute atomic E-state index is 0.292. The molecule has 0 aromatic heterocycles. The molecule has 0 aliphatic carbocycles. The molecule has 4 N–H and O–H groups in total.